The van der Waals surface area contributed by atoms with Crippen molar-refractivity contribution in [2.24, 2.45) is 0 Å². The maximum Gasteiger partial charge on any atom is 0.295 e. The Morgan fingerprint density at radius 1 is 1.32 bits per heavy atom. The highest BCUT2D eigenvalue weighted by atomic mass is 19.1. The van der Waals surface area contributed by atoms with E-state index in [4.69, 9.17) is 0 Å². The van der Waals surface area contributed by atoms with Crippen molar-refractivity contribution in [2.75, 3.05) is 18.9 Å². The molecule has 3 aromatic rings. The van der Waals surface area contributed by atoms with Gasteiger partial charge in [0.05, 0.1) is 35.0 Å². The molecule has 3 rings (SSSR count). The van der Waals surface area contributed by atoms with Gasteiger partial charge in [-0.15, -0.1) is 0 Å². The summed E-state index contributed by atoms with van der Waals surface area (Å²) in [5, 5.41) is 13.9. The van der Waals surface area contributed by atoms with Crippen LogP contribution in [0.2, 0.25) is 0 Å². The van der Waals surface area contributed by atoms with Crippen molar-refractivity contribution < 1.29 is 14.1 Å². The Labute approximate surface area is 158 Å². The van der Waals surface area contributed by atoms with E-state index in [2.05, 4.69) is 15.3 Å². The van der Waals surface area contributed by atoms with E-state index < -0.39 is 22.3 Å². The van der Waals surface area contributed by atoms with Crippen LogP contribution in [-0.2, 0) is 11.3 Å². The van der Waals surface area contributed by atoms with Gasteiger partial charge in [-0.05, 0) is 31.3 Å². The number of nitrogens with zero attached hydrogens (tertiary/aromatic N) is 3. The molecule has 0 saturated carbocycles. The molecule has 2 N–H and O–H groups in total. The van der Waals surface area contributed by atoms with Crippen molar-refractivity contribution in [1.82, 2.24) is 14.9 Å². The monoisotopic (exact) mass is 385 g/mol. The number of aromatic amines is 1. The minimum Gasteiger partial charge on any atom is -0.319 e. The number of aromatic nitrogens is 2. The lowest BCUT2D eigenvalue weighted by Gasteiger charge is -2.16. The van der Waals surface area contributed by atoms with Crippen LogP contribution in [-0.4, -0.2) is 39.3 Å². The third-order valence-electron chi connectivity index (χ3n) is 3.93. The van der Waals surface area contributed by atoms with Gasteiger partial charge in [0.15, 0.2) is 0 Å². The molecule has 0 spiro atoms. The summed E-state index contributed by atoms with van der Waals surface area (Å²) in [4.78, 5) is 43.1. The van der Waals surface area contributed by atoms with Crippen LogP contribution in [0.3, 0.4) is 0 Å². The maximum absolute atomic E-state index is 13.2. The number of anilines is 1. The Bertz CT molecular complexity index is 1110. The summed E-state index contributed by atoms with van der Waals surface area (Å²) in [6.45, 7) is 0.0596. The number of fused-ring (bicyclic) bond motifs is 1. The number of likely N-dealkylation sites (N-methyl/N-ethyl adjacent to an activating group) is 1. The molecular weight excluding hydrogens is 369 g/mol. The number of H-pyrrole nitrogens is 1. The SMILES string of the molecule is CN(CC(=O)Nc1ccc(F)cc1[N+](=O)[O-])Cc1nc2ccccc2c(=O)[nH]1. The van der Waals surface area contributed by atoms with Crippen molar-refractivity contribution in [1.29, 1.82) is 0 Å². The zero-order chi connectivity index (χ0) is 20.3. The number of nitro groups is 1. The molecule has 0 unspecified atom stereocenters. The Balaban J connectivity index is 1.68. The van der Waals surface area contributed by atoms with Crippen molar-refractivity contribution >= 4 is 28.2 Å². The molecule has 10 heteroatoms. The first-order valence-corrected chi connectivity index (χ1v) is 8.24. The van der Waals surface area contributed by atoms with Gasteiger partial charge in [-0.1, -0.05) is 12.1 Å². The minimum atomic E-state index is -0.772. The predicted octanol–water partition coefficient (Wildman–Crippen LogP) is 2.04. The summed E-state index contributed by atoms with van der Waals surface area (Å²) in [5.41, 5.74) is -0.361. The lowest BCUT2D eigenvalue weighted by molar-refractivity contribution is -0.384. The molecule has 0 bridgehead atoms. The molecule has 28 heavy (non-hydrogen) atoms. The maximum atomic E-state index is 13.2. The molecule has 1 aromatic heterocycles. The van der Waals surface area contributed by atoms with Crippen LogP contribution in [0.1, 0.15) is 5.82 Å². The van der Waals surface area contributed by atoms with E-state index in [1.165, 1.54) is 0 Å². The summed E-state index contributed by atoms with van der Waals surface area (Å²) < 4.78 is 13.2. The Kier molecular flexibility index (Phi) is 5.41. The van der Waals surface area contributed by atoms with Crippen LogP contribution in [0.25, 0.3) is 10.9 Å². The number of amides is 1. The number of nitrogens with one attached hydrogen (secondary N) is 2. The second-order valence-corrected chi connectivity index (χ2v) is 6.17. The first-order valence-electron chi connectivity index (χ1n) is 8.24. The van der Waals surface area contributed by atoms with Crippen LogP contribution in [0.4, 0.5) is 15.8 Å². The molecule has 0 aliphatic carbocycles. The number of benzene rings is 2. The van der Waals surface area contributed by atoms with Gasteiger partial charge in [0.2, 0.25) is 5.91 Å². The average Bonchev–Trinajstić information content (AvgIpc) is 2.63. The van der Waals surface area contributed by atoms with Crippen molar-refractivity contribution in [3.63, 3.8) is 0 Å². The van der Waals surface area contributed by atoms with Crippen molar-refractivity contribution in [3.8, 4) is 0 Å². The fourth-order valence-electron chi connectivity index (χ4n) is 2.72. The Morgan fingerprint density at radius 3 is 2.82 bits per heavy atom. The standard InChI is InChI=1S/C18H16FN5O4/c1-23(9-16-20-13-5-3-2-4-12(13)18(26)22-16)10-17(25)21-14-7-6-11(19)8-15(14)24(27)28/h2-8H,9-10H2,1H3,(H,21,25)(H,20,22,26). The minimum absolute atomic E-state index is 0.0953. The molecule has 0 atom stereocenters. The third-order valence-corrected chi connectivity index (χ3v) is 3.93. The summed E-state index contributed by atoms with van der Waals surface area (Å²) in [5.74, 6) is -0.916. The van der Waals surface area contributed by atoms with E-state index in [9.17, 15) is 24.1 Å². The smallest absolute Gasteiger partial charge is 0.295 e. The van der Waals surface area contributed by atoms with Crippen LogP contribution in [0.15, 0.2) is 47.3 Å². The zero-order valence-corrected chi connectivity index (χ0v) is 14.8. The molecule has 144 valence electrons. The number of hydrogen-bond donors (Lipinski definition) is 2. The van der Waals surface area contributed by atoms with Gasteiger partial charge in [-0.3, -0.25) is 24.6 Å². The van der Waals surface area contributed by atoms with E-state index in [0.29, 0.717) is 16.7 Å². The number of carbonyl (C=O) groups is 1. The molecule has 0 saturated heterocycles. The van der Waals surface area contributed by atoms with Crippen molar-refractivity contribution in [2.45, 2.75) is 6.54 Å². The van der Waals surface area contributed by atoms with Gasteiger partial charge in [0.25, 0.3) is 11.2 Å². The van der Waals surface area contributed by atoms with Gasteiger partial charge in [-0.25, -0.2) is 9.37 Å². The highest BCUT2D eigenvalue weighted by Gasteiger charge is 2.18. The average molecular weight is 385 g/mol. The number of para-hydroxylation sites is 1. The Morgan fingerprint density at radius 2 is 2.07 bits per heavy atom. The number of nitro benzene ring substituents is 1. The summed E-state index contributed by atoms with van der Waals surface area (Å²) >= 11 is 0. The topological polar surface area (TPSA) is 121 Å². The van der Waals surface area contributed by atoms with Gasteiger partial charge in [-0.2, -0.15) is 0 Å². The Hall–Kier alpha value is -3.66. The van der Waals surface area contributed by atoms with E-state index in [1.54, 1.807) is 36.2 Å². The zero-order valence-electron chi connectivity index (χ0n) is 14.8. The molecule has 1 amide bonds. The van der Waals surface area contributed by atoms with Crippen LogP contribution in [0.5, 0.6) is 0 Å². The molecule has 0 aliphatic heterocycles. The second kappa shape index (κ2) is 7.92. The first-order chi connectivity index (χ1) is 13.3. The molecular formula is C18H16FN5O4. The van der Waals surface area contributed by atoms with E-state index in [0.717, 1.165) is 18.2 Å². The van der Waals surface area contributed by atoms with Gasteiger partial charge in [0, 0.05) is 0 Å². The molecule has 0 fully saturated rings. The van der Waals surface area contributed by atoms with Gasteiger partial charge in [0.1, 0.15) is 17.3 Å². The normalized spacial score (nSPS) is 11.0. The second-order valence-electron chi connectivity index (χ2n) is 6.17. The summed E-state index contributed by atoms with van der Waals surface area (Å²) in [7, 11) is 1.63. The van der Waals surface area contributed by atoms with Crippen LogP contribution < -0.4 is 10.9 Å². The lowest BCUT2D eigenvalue weighted by Crippen LogP contribution is -2.31. The highest BCUT2D eigenvalue weighted by molar-refractivity contribution is 5.94. The van der Waals surface area contributed by atoms with Crippen LogP contribution >= 0.6 is 0 Å². The number of carbonyl (C=O) groups excluding carboxylic acids is 1. The van der Waals surface area contributed by atoms with E-state index in [-0.39, 0.29) is 24.3 Å². The highest BCUT2D eigenvalue weighted by Crippen LogP contribution is 2.24. The quantitative estimate of drug-likeness (QED) is 0.495. The van der Waals surface area contributed by atoms with E-state index >= 15 is 0 Å². The molecule has 0 radical (unpaired) electrons. The molecule has 1 heterocycles. The third kappa shape index (κ3) is 4.35. The van der Waals surface area contributed by atoms with Crippen LogP contribution in [0, 0.1) is 15.9 Å². The fraction of sp³-hybridized carbons (Fsp3) is 0.167. The summed E-state index contributed by atoms with van der Waals surface area (Å²) in [6.07, 6.45) is 0. The largest absolute Gasteiger partial charge is 0.319 e. The lowest BCUT2D eigenvalue weighted by atomic mass is 10.2. The summed E-state index contributed by atoms with van der Waals surface area (Å²) in [6, 6.07) is 9.79. The molecule has 2 aromatic carbocycles. The number of halogens is 1. The number of hydrogen-bond acceptors (Lipinski definition) is 6. The van der Waals surface area contributed by atoms with E-state index in [1.807, 2.05) is 0 Å². The fourth-order valence-corrected chi connectivity index (χ4v) is 2.72. The van der Waals surface area contributed by atoms with Crippen molar-refractivity contribution in [3.05, 3.63) is 74.6 Å². The first kappa shape index (κ1) is 19.1. The molecule has 9 nitrogen and oxygen atoms in total. The van der Waals surface area contributed by atoms with Gasteiger partial charge >= 0.3 is 0 Å². The van der Waals surface area contributed by atoms with Gasteiger partial charge < -0.3 is 10.3 Å². The molecule has 0 aliphatic rings. The number of rotatable bonds is 6. The predicted molar refractivity (Wildman–Crippen MR) is 100 cm³/mol.